The first kappa shape index (κ1) is 10.2. The van der Waals surface area contributed by atoms with E-state index in [1.165, 1.54) is 24.0 Å². The van der Waals surface area contributed by atoms with Gasteiger partial charge in [0, 0.05) is 19.0 Å². The first-order valence-electron chi connectivity index (χ1n) is 5.57. The number of aryl methyl sites for hydroxylation is 1. The smallest absolute Gasteiger partial charge is 0.0635 e. The van der Waals surface area contributed by atoms with Crippen LogP contribution >= 0.6 is 0 Å². The summed E-state index contributed by atoms with van der Waals surface area (Å²) in [6.45, 7) is 0.823. The Balaban J connectivity index is 1.92. The second-order valence-electron chi connectivity index (χ2n) is 4.07. The minimum absolute atomic E-state index is 0.563. The van der Waals surface area contributed by atoms with E-state index in [1.54, 1.807) is 0 Å². The van der Waals surface area contributed by atoms with Crippen molar-refractivity contribution in [3.05, 3.63) is 35.4 Å². The lowest BCUT2D eigenvalue weighted by molar-refractivity contribution is 0.464. The third-order valence-electron chi connectivity index (χ3n) is 3.02. The Kier molecular flexibility index (Phi) is 3.37. The van der Waals surface area contributed by atoms with E-state index in [2.05, 4.69) is 35.7 Å². The molecule has 1 N–H and O–H groups in total. The van der Waals surface area contributed by atoms with Crippen LogP contribution in [0.4, 0.5) is 0 Å². The van der Waals surface area contributed by atoms with E-state index in [1.807, 2.05) is 0 Å². The van der Waals surface area contributed by atoms with Gasteiger partial charge >= 0.3 is 0 Å². The van der Waals surface area contributed by atoms with Crippen LogP contribution in [0.15, 0.2) is 24.3 Å². The van der Waals surface area contributed by atoms with Crippen LogP contribution in [0, 0.1) is 11.3 Å². The lowest BCUT2D eigenvalue weighted by Crippen LogP contribution is -2.35. The molecule has 0 aliphatic heterocycles. The molecule has 0 saturated carbocycles. The molecule has 1 aromatic carbocycles. The van der Waals surface area contributed by atoms with Crippen LogP contribution in [0.5, 0.6) is 0 Å². The van der Waals surface area contributed by atoms with Crippen LogP contribution in [-0.2, 0) is 12.8 Å². The molecule has 1 aliphatic carbocycles. The lowest BCUT2D eigenvalue weighted by Gasteiger charge is -2.25. The standard InChI is InChI=1S/C13H16N2/c14-8-3-9-15-13-7-6-11-4-1-2-5-12(11)10-13/h1-2,4-5,13,15H,3,6-7,9-10H2. The van der Waals surface area contributed by atoms with E-state index in [-0.39, 0.29) is 0 Å². The number of nitrogens with zero attached hydrogens (tertiary/aromatic N) is 1. The monoisotopic (exact) mass is 200 g/mol. The molecule has 0 spiro atoms. The van der Waals surface area contributed by atoms with Gasteiger partial charge in [0.15, 0.2) is 0 Å². The van der Waals surface area contributed by atoms with Gasteiger partial charge in [0.25, 0.3) is 0 Å². The quantitative estimate of drug-likeness (QED) is 0.758. The van der Waals surface area contributed by atoms with E-state index in [0.29, 0.717) is 12.5 Å². The summed E-state index contributed by atoms with van der Waals surface area (Å²) in [5.41, 5.74) is 2.97. The van der Waals surface area contributed by atoms with Gasteiger partial charge in [0.2, 0.25) is 0 Å². The molecule has 0 saturated heterocycles. The number of hydrogen-bond acceptors (Lipinski definition) is 2. The van der Waals surface area contributed by atoms with Crippen molar-refractivity contribution in [2.45, 2.75) is 31.7 Å². The summed E-state index contributed by atoms with van der Waals surface area (Å²) in [5, 5.41) is 11.9. The third-order valence-corrected chi connectivity index (χ3v) is 3.02. The summed E-state index contributed by atoms with van der Waals surface area (Å²) >= 11 is 0. The summed E-state index contributed by atoms with van der Waals surface area (Å²) in [4.78, 5) is 0. The molecule has 1 aromatic rings. The van der Waals surface area contributed by atoms with Crippen LogP contribution in [0.3, 0.4) is 0 Å². The average molecular weight is 200 g/mol. The maximum Gasteiger partial charge on any atom is 0.0635 e. The van der Waals surface area contributed by atoms with Crippen LogP contribution < -0.4 is 5.32 Å². The molecular formula is C13H16N2. The molecule has 0 bridgehead atoms. The molecule has 0 aromatic heterocycles. The van der Waals surface area contributed by atoms with Crippen molar-refractivity contribution >= 4 is 0 Å². The number of fused-ring (bicyclic) bond motifs is 1. The van der Waals surface area contributed by atoms with Crippen molar-refractivity contribution in [2.24, 2.45) is 0 Å². The molecule has 1 unspecified atom stereocenters. The zero-order valence-electron chi connectivity index (χ0n) is 8.87. The van der Waals surface area contributed by atoms with E-state index < -0.39 is 0 Å². The van der Waals surface area contributed by atoms with E-state index in [4.69, 9.17) is 5.26 Å². The average Bonchev–Trinajstić information content (AvgIpc) is 2.29. The first-order chi connectivity index (χ1) is 7.40. The molecule has 1 atom stereocenters. The van der Waals surface area contributed by atoms with Crippen molar-refractivity contribution in [3.63, 3.8) is 0 Å². The highest BCUT2D eigenvalue weighted by Gasteiger charge is 2.16. The fraction of sp³-hybridized carbons (Fsp3) is 0.462. The maximum atomic E-state index is 8.46. The van der Waals surface area contributed by atoms with Crippen molar-refractivity contribution in [2.75, 3.05) is 6.54 Å². The highest BCUT2D eigenvalue weighted by Crippen LogP contribution is 2.20. The van der Waals surface area contributed by atoms with Gasteiger partial charge in [-0.25, -0.2) is 0 Å². The fourth-order valence-corrected chi connectivity index (χ4v) is 2.20. The van der Waals surface area contributed by atoms with Crippen molar-refractivity contribution in [1.82, 2.24) is 5.32 Å². The van der Waals surface area contributed by atoms with Gasteiger partial charge in [-0.1, -0.05) is 24.3 Å². The van der Waals surface area contributed by atoms with Gasteiger partial charge in [0.05, 0.1) is 6.07 Å². The van der Waals surface area contributed by atoms with Gasteiger partial charge < -0.3 is 5.32 Å². The van der Waals surface area contributed by atoms with Crippen LogP contribution in [0.25, 0.3) is 0 Å². The van der Waals surface area contributed by atoms with Gasteiger partial charge in [-0.3, -0.25) is 0 Å². The predicted molar refractivity (Wildman–Crippen MR) is 60.5 cm³/mol. The van der Waals surface area contributed by atoms with E-state index >= 15 is 0 Å². The molecule has 15 heavy (non-hydrogen) atoms. The molecule has 78 valence electrons. The zero-order chi connectivity index (χ0) is 10.5. The Hall–Kier alpha value is -1.33. The van der Waals surface area contributed by atoms with E-state index in [0.717, 1.165) is 13.0 Å². The van der Waals surface area contributed by atoms with Crippen LogP contribution in [0.2, 0.25) is 0 Å². The molecule has 0 radical (unpaired) electrons. The molecule has 2 nitrogen and oxygen atoms in total. The molecule has 1 aliphatic rings. The zero-order valence-corrected chi connectivity index (χ0v) is 8.87. The number of rotatable bonds is 3. The molecular weight excluding hydrogens is 184 g/mol. The topological polar surface area (TPSA) is 35.8 Å². The molecule has 0 amide bonds. The van der Waals surface area contributed by atoms with Gasteiger partial charge in [-0.15, -0.1) is 0 Å². The maximum absolute atomic E-state index is 8.46. The Bertz CT molecular complexity index is 365. The molecule has 2 heteroatoms. The van der Waals surface area contributed by atoms with Crippen molar-refractivity contribution in [1.29, 1.82) is 5.26 Å². The van der Waals surface area contributed by atoms with Gasteiger partial charge in [-0.2, -0.15) is 5.26 Å². The second kappa shape index (κ2) is 4.95. The highest BCUT2D eigenvalue weighted by molar-refractivity contribution is 5.30. The number of benzene rings is 1. The Labute approximate surface area is 90.9 Å². The summed E-state index contributed by atoms with van der Waals surface area (Å²) in [6.07, 6.45) is 4.09. The minimum atomic E-state index is 0.563. The predicted octanol–water partition coefficient (Wildman–Crippen LogP) is 2.05. The molecule has 0 fully saturated rings. The normalized spacial score (nSPS) is 19.3. The van der Waals surface area contributed by atoms with Crippen LogP contribution in [-0.4, -0.2) is 12.6 Å². The van der Waals surface area contributed by atoms with E-state index in [9.17, 15) is 0 Å². The number of hydrogen-bond donors (Lipinski definition) is 1. The van der Waals surface area contributed by atoms with Crippen molar-refractivity contribution < 1.29 is 0 Å². The summed E-state index contributed by atoms with van der Waals surface area (Å²) < 4.78 is 0. The third kappa shape index (κ3) is 2.57. The molecule has 0 heterocycles. The summed E-state index contributed by atoms with van der Waals surface area (Å²) in [5.74, 6) is 0. The fourth-order valence-electron chi connectivity index (χ4n) is 2.20. The SMILES string of the molecule is N#CCCNC1CCc2ccccc2C1. The van der Waals surface area contributed by atoms with Gasteiger partial charge in [-0.05, 0) is 30.4 Å². The number of nitrogens with one attached hydrogen (secondary N) is 1. The molecule has 2 rings (SSSR count). The van der Waals surface area contributed by atoms with Crippen LogP contribution in [0.1, 0.15) is 24.0 Å². The largest absolute Gasteiger partial charge is 0.313 e. The second-order valence-corrected chi connectivity index (χ2v) is 4.07. The first-order valence-corrected chi connectivity index (χ1v) is 5.57. The Morgan fingerprint density at radius 1 is 1.33 bits per heavy atom. The Morgan fingerprint density at radius 2 is 2.13 bits per heavy atom. The number of nitriles is 1. The Morgan fingerprint density at radius 3 is 2.93 bits per heavy atom. The minimum Gasteiger partial charge on any atom is -0.313 e. The van der Waals surface area contributed by atoms with Gasteiger partial charge in [0.1, 0.15) is 0 Å². The summed E-state index contributed by atoms with van der Waals surface area (Å²) in [6, 6.07) is 11.4. The highest BCUT2D eigenvalue weighted by atomic mass is 14.9. The van der Waals surface area contributed by atoms with Crippen molar-refractivity contribution in [3.8, 4) is 6.07 Å². The summed E-state index contributed by atoms with van der Waals surface area (Å²) in [7, 11) is 0. The lowest BCUT2D eigenvalue weighted by atomic mass is 9.88.